The monoisotopic (exact) mass is 643 g/mol. The maximum Gasteiger partial charge on any atom is 0.319 e. The summed E-state index contributed by atoms with van der Waals surface area (Å²) >= 11 is 1.47. The van der Waals surface area contributed by atoms with E-state index in [1.54, 1.807) is 0 Å². The molecule has 3 aliphatic heterocycles. The van der Waals surface area contributed by atoms with Gasteiger partial charge in [0.1, 0.15) is 28.7 Å². The summed E-state index contributed by atoms with van der Waals surface area (Å²) in [5.74, 6) is 1.41. The Labute approximate surface area is 273 Å². The number of piperazine rings is 1. The molecular weight excluding hydrogens is 602 g/mol. The lowest BCUT2D eigenvalue weighted by atomic mass is 9.72. The number of amides is 1. The summed E-state index contributed by atoms with van der Waals surface area (Å²) in [6.07, 6.45) is 6.83. The predicted octanol–water partition coefficient (Wildman–Crippen LogP) is 4.30. The van der Waals surface area contributed by atoms with Gasteiger partial charge in [0.05, 0.1) is 28.6 Å². The number of nitrogens with zero attached hydrogens (tertiary/aromatic N) is 8. The molecule has 7 rings (SSSR count). The molecule has 3 aromatic rings. The SMILES string of the molecule is C=CC(=O)N1[C@@H](C)C2CC1(C)CN2c1cc(-c2noc([C@@]3(C)CCCc4sc(N)c(C#N)c43)n2)nc(O[C@@H](C)[C@@H]2CCCN2C)n1. The molecule has 2 unspecified atom stereocenters. The first-order chi connectivity index (χ1) is 22.0. The van der Waals surface area contributed by atoms with E-state index < -0.39 is 5.41 Å². The van der Waals surface area contributed by atoms with Gasteiger partial charge in [-0.2, -0.15) is 20.2 Å². The molecule has 46 heavy (non-hydrogen) atoms. The van der Waals surface area contributed by atoms with E-state index in [0.717, 1.165) is 55.5 Å². The van der Waals surface area contributed by atoms with Gasteiger partial charge in [0, 0.05) is 29.1 Å². The Morgan fingerprint density at radius 3 is 2.83 bits per heavy atom. The number of hydrogen-bond acceptors (Lipinski definition) is 12. The number of aryl methyl sites for hydroxylation is 1. The minimum Gasteiger partial charge on any atom is -0.459 e. The Bertz CT molecular complexity index is 1750. The van der Waals surface area contributed by atoms with Crippen LogP contribution in [-0.4, -0.2) is 85.7 Å². The van der Waals surface area contributed by atoms with Gasteiger partial charge in [-0.1, -0.05) is 11.7 Å². The van der Waals surface area contributed by atoms with E-state index in [0.29, 0.717) is 40.3 Å². The number of carbonyl (C=O) groups is 1. The third kappa shape index (κ3) is 4.68. The number of aromatic nitrogens is 4. The molecule has 0 aromatic carbocycles. The normalized spacial score (nSPS) is 29.5. The molecule has 1 aliphatic carbocycles. The summed E-state index contributed by atoms with van der Waals surface area (Å²) in [5.41, 5.74) is 7.15. The molecule has 4 aliphatic rings. The number of anilines is 2. The van der Waals surface area contributed by atoms with Crippen molar-refractivity contribution in [2.45, 2.75) is 101 Å². The summed E-state index contributed by atoms with van der Waals surface area (Å²) in [5, 5.41) is 14.9. The highest BCUT2D eigenvalue weighted by Gasteiger charge is 2.57. The first-order valence-corrected chi connectivity index (χ1v) is 16.9. The Morgan fingerprint density at radius 2 is 2.13 bits per heavy atom. The molecule has 6 atom stereocenters. The molecule has 1 amide bonds. The average Bonchev–Trinajstić information content (AvgIpc) is 3.84. The van der Waals surface area contributed by atoms with Crippen LogP contribution in [-0.2, 0) is 16.6 Å². The number of hydrogen-bond donors (Lipinski definition) is 1. The largest absolute Gasteiger partial charge is 0.459 e. The summed E-state index contributed by atoms with van der Waals surface area (Å²) < 4.78 is 12.4. The zero-order valence-electron chi connectivity index (χ0n) is 27.1. The third-order valence-electron chi connectivity index (χ3n) is 10.8. The lowest BCUT2D eigenvalue weighted by molar-refractivity contribution is -0.132. The number of nitriles is 1. The third-order valence-corrected chi connectivity index (χ3v) is 11.9. The second-order valence-electron chi connectivity index (χ2n) is 13.8. The van der Waals surface area contributed by atoms with Crippen molar-refractivity contribution in [2.24, 2.45) is 0 Å². The van der Waals surface area contributed by atoms with Gasteiger partial charge in [0.25, 0.3) is 0 Å². The Kier molecular flexibility index (Phi) is 7.36. The number of likely N-dealkylation sites (tertiary alicyclic amines) is 2. The van der Waals surface area contributed by atoms with Crippen LogP contribution in [0, 0.1) is 11.3 Å². The topological polar surface area (TPSA) is 151 Å². The highest BCUT2D eigenvalue weighted by atomic mass is 32.1. The zero-order valence-corrected chi connectivity index (χ0v) is 27.9. The smallest absolute Gasteiger partial charge is 0.319 e. The molecule has 3 saturated heterocycles. The summed E-state index contributed by atoms with van der Waals surface area (Å²) in [7, 11) is 2.12. The van der Waals surface area contributed by atoms with Gasteiger partial charge in [-0.15, -0.1) is 11.3 Å². The number of carbonyl (C=O) groups excluding carboxylic acids is 1. The van der Waals surface area contributed by atoms with Crippen molar-refractivity contribution in [1.29, 1.82) is 5.26 Å². The Hall–Kier alpha value is -4.02. The van der Waals surface area contributed by atoms with Crippen LogP contribution in [0.5, 0.6) is 6.01 Å². The standard InChI is InChI=1S/C33H41N9O3S/c1-7-26(43)42-18(2)23-15-32(42,4)17-41(23)25-14-21(36-31(37-25)44-19(3)22-10-9-13-40(22)6)29-38-30(45-39-29)33(5)12-8-11-24-27(33)20(16-34)28(35)46-24/h7,14,18-19,22-23H,1,8-13,15,17,35H2,2-6H3/t18-,19-,22-,23?,32?,33-/m0/s1. The first-order valence-electron chi connectivity index (χ1n) is 16.1. The minimum atomic E-state index is -0.645. The van der Waals surface area contributed by atoms with Crippen LogP contribution in [0.15, 0.2) is 23.2 Å². The summed E-state index contributed by atoms with van der Waals surface area (Å²) in [6.45, 7) is 13.7. The fourth-order valence-electron chi connectivity index (χ4n) is 8.56. The summed E-state index contributed by atoms with van der Waals surface area (Å²) in [4.78, 5) is 35.1. The molecule has 0 saturated carbocycles. The van der Waals surface area contributed by atoms with Gasteiger partial charge in [0.2, 0.25) is 17.6 Å². The van der Waals surface area contributed by atoms with Crippen molar-refractivity contribution in [2.75, 3.05) is 30.8 Å². The highest BCUT2D eigenvalue weighted by molar-refractivity contribution is 7.16. The lowest BCUT2D eigenvalue weighted by Gasteiger charge is -2.44. The van der Waals surface area contributed by atoms with Crippen molar-refractivity contribution in [3.05, 3.63) is 40.6 Å². The van der Waals surface area contributed by atoms with Crippen molar-refractivity contribution >= 4 is 28.1 Å². The number of fused-ring (bicyclic) bond motifs is 3. The molecule has 13 heteroatoms. The molecule has 0 radical (unpaired) electrons. The number of likely N-dealkylation sites (N-methyl/N-ethyl adjacent to an activating group) is 1. The number of thiophene rings is 1. The molecule has 0 spiro atoms. The summed E-state index contributed by atoms with van der Waals surface area (Å²) in [6, 6.07) is 4.77. The van der Waals surface area contributed by atoms with E-state index >= 15 is 0 Å². The van der Waals surface area contributed by atoms with E-state index in [-0.39, 0.29) is 41.7 Å². The van der Waals surface area contributed by atoms with Crippen LogP contribution < -0.4 is 15.4 Å². The van der Waals surface area contributed by atoms with Gasteiger partial charge >= 0.3 is 6.01 Å². The Balaban J connectivity index is 1.27. The number of nitrogen functional groups attached to an aromatic ring is 1. The van der Waals surface area contributed by atoms with Gasteiger partial charge in [-0.25, -0.2) is 0 Å². The minimum absolute atomic E-state index is 0.0253. The highest BCUT2D eigenvalue weighted by Crippen LogP contribution is 2.49. The van der Waals surface area contributed by atoms with Crippen LogP contribution in [0.2, 0.25) is 0 Å². The van der Waals surface area contributed by atoms with Gasteiger partial charge in [-0.05, 0) is 85.9 Å². The molecule has 3 aromatic heterocycles. The fourth-order valence-corrected chi connectivity index (χ4v) is 9.75. The van der Waals surface area contributed by atoms with Crippen LogP contribution in [0.1, 0.15) is 81.7 Å². The second-order valence-corrected chi connectivity index (χ2v) is 15.0. The maximum atomic E-state index is 12.8. The molecular formula is C33H41N9O3S. The van der Waals surface area contributed by atoms with Crippen LogP contribution in [0.4, 0.5) is 10.8 Å². The molecule has 12 nitrogen and oxygen atoms in total. The van der Waals surface area contributed by atoms with Crippen molar-refractivity contribution in [3.63, 3.8) is 0 Å². The number of ether oxygens (including phenoxy) is 1. The quantitative estimate of drug-likeness (QED) is 0.367. The van der Waals surface area contributed by atoms with E-state index in [9.17, 15) is 10.1 Å². The van der Waals surface area contributed by atoms with Gasteiger partial charge in [0.15, 0.2) is 0 Å². The van der Waals surface area contributed by atoms with E-state index in [4.69, 9.17) is 29.9 Å². The number of nitrogens with two attached hydrogens (primary N) is 1. The van der Waals surface area contributed by atoms with Crippen molar-refractivity contribution in [3.8, 4) is 23.6 Å². The van der Waals surface area contributed by atoms with E-state index in [1.807, 2.05) is 17.9 Å². The fraction of sp³-hybridized carbons (Fsp3) is 0.576. The van der Waals surface area contributed by atoms with Crippen molar-refractivity contribution < 1.29 is 14.1 Å². The number of rotatable bonds is 7. The van der Waals surface area contributed by atoms with Gasteiger partial charge < -0.3 is 24.8 Å². The zero-order chi connectivity index (χ0) is 32.5. The lowest BCUT2D eigenvalue weighted by Crippen LogP contribution is -2.59. The van der Waals surface area contributed by atoms with Crippen LogP contribution in [0.25, 0.3) is 11.5 Å². The molecule has 3 fully saturated rings. The van der Waals surface area contributed by atoms with E-state index in [2.05, 4.69) is 55.4 Å². The van der Waals surface area contributed by atoms with Gasteiger partial charge in [-0.3, -0.25) is 9.69 Å². The second kappa shape index (κ2) is 11.1. The molecule has 2 bridgehead atoms. The molecule has 242 valence electrons. The molecule has 6 heterocycles. The van der Waals surface area contributed by atoms with Crippen LogP contribution >= 0.6 is 11.3 Å². The average molecular weight is 644 g/mol. The molecule has 2 N–H and O–H groups in total. The van der Waals surface area contributed by atoms with E-state index in [1.165, 1.54) is 17.4 Å². The van der Waals surface area contributed by atoms with Crippen molar-refractivity contribution in [1.82, 2.24) is 29.9 Å². The van der Waals surface area contributed by atoms with Crippen LogP contribution in [0.3, 0.4) is 0 Å². The first kappa shape index (κ1) is 30.6. The Morgan fingerprint density at radius 1 is 1.33 bits per heavy atom. The predicted molar refractivity (Wildman–Crippen MR) is 175 cm³/mol. The maximum absolute atomic E-state index is 12.8.